The first-order chi connectivity index (χ1) is 12.2. The number of fused-ring (bicyclic) bond motifs is 1. The van der Waals surface area contributed by atoms with Gasteiger partial charge in [-0.25, -0.2) is 4.98 Å². The molecule has 0 bridgehead atoms. The first kappa shape index (κ1) is 17.4. The van der Waals surface area contributed by atoms with Crippen LogP contribution in [0.25, 0.3) is 11.1 Å². The summed E-state index contributed by atoms with van der Waals surface area (Å²) in [7, 11) is 1.63. The number of ether oxygens (including phenoxy) is 1. The van der Waals surface area contributed by atoms with Crippen LogP contribution in [0.5, 0.6) is 5.75 Å². The van der Waals surface area contributed by atoms with Crippen molar-refractivity contribution in [3.63, 3.8) is 0 Å². The largest absolute Gasteiger partial charge is 0.497 e. The number of amides is 1. The average Bonchev–Trinajstić information content (AvgIpc) is 3.07. The highest BCUT2D eigenvalue weighted by molar-refractivity contribution is 8.00. The van der Waals surface area contributed by atoms with Gasteiger partial charge in [0, 0.05) is 6.54 Å². The van der Waals surface area contributed by atoms with Crippen molar-refractivity contribution >= 4 is 28.8 Å². The number of aromatic nitrogens is 1. The maximum atomic E-state index is 12.5. The minimum absolute atomic E-state index is 0.0226. The number of carbonyl (C=O) groups excluding carboxylic acids is 1. The summed E-state index contributed by atoms with van der Waals surface area (Å²) in [5.41, 5.74) is 2.56. The van der Waals surface area contributed by atoms with Crippen molar-refractivity contribution in [2.75, 3.05) is 7.11 Å². The molecular weight excluding hydrogens is 336 g/mol. The van der Waals surface area contributed by atoms with E-state index in [1.165, 1.54) is 11.8 Å². The van der Waals surface area contributed by atoms with Gasteiger partial charge in [-0.15, -0.1) is 0 Å². The summed E-state index contributed by atoms with van der Waals surface area (Å²) in [5, 5.41) is 3.25. The Morgan fingerprint density at radius 3 is 2.68 bits per heavy atom. The van der Waals surface area contributed by atoms with E-state index >= 15 is 0 Å². The summed E-state index contributed by atoms with van der Waals surface area (Å²) in [6, 6.07) is 15.2. The number of rotatable bonds is 7. The van der Waals surface area contributed by atoms with Gasteiger partial charge in [-0.05, 0) is 36.2 Å². The minimum Gasteiger partial charge on any atom is -0.497 e. The Hall–Kier alpha value is -2.47. The molecule has 25 heavy (non-hydrogen) atoms. The molecule has 1 aromatic heterocycles. The molecule has 3 aromatic rings. The molecular formula is C19H20N2O3S. The molecule has 1 unspecified atom stereocenters. The van der Waals surface area contributed by atoms with Crippen molar-refractivity contribution in [1.29, 1.82) is 0 Å². The molecule has 5 nitrogen and oxygen atoms in total. The van der Waals surface area contributed by atoms with Gasteiger partial charge in [-0.3, -0.25) is 4.79 Å². The maximum Gasteiger partial charge on any atom is 0.257 e. The number of nitrogens with one attached hydrogen (secondary N) is 1. The molecule has 0 spiro atoms. The Balaban J connectivity index is 1.60. The van der Waals surface area contributed by atoms with Gasteiger partial charge in [-0.1, -0.05) is 43.0 Å². The molecule has 6 heteroatoms. The molecule has 1 amide bonds. The van der Waals surface area contributed by atoms with Crippen molar-refractivity contribution in [3.8, 4) is 5.75 Å². The van der Waals surface area contributed by atoms with Crippen LogP contribution in [0, 0.1) is 0 Å². The second-order valence-electron chi connectivity index (χ2n) is 5.53. The molecule has 1 N–H and O–H groups in total. The van der Waals surface area contributed by atoms with E-state index in [0.717, 1.165) is 22.4 Å². The van der Waals surface area contributed by atoms with Gasteiger partial charge in [0.1, 0.15) is 11.3 Å². The van der Waals surface area contributed by atoms with E-state index in [1.807, 2.05) is 55.5 Å². The van der Waals surface area contributed by atoms with Crippen molar-refractivity contribution in [1.82, 2.24) is 10.3 Å². The lowest BCUT2D eigenvalue weighted by atomic mass is 10.2. The lowest BCUT2D eigenvalue weighted by molar-refractivity contribution is -0.120. The predicted molar refractivity (Wildman–Crippen MR) is 98.8 cm³/mol. The Morgan fingerprint density at radius 2 is 2.00 bits per heavy atom. The van der Waals surface area contributed by atoms with Crippen LogP contribution in [0.1, 0.15) is 18.9 Å². The van der Waals surface area contributed by atoms with Crippen LogP contribution in [0.15, 0.2) is 58.2 Å². The van der Waals surface area contributed by atoms with Crippen LogP contribution >= 0.6 is 11.8 Å². The summed E-state index contributed by atoms with van der Waals surface area (Å²) >= 11 is 1.35. The lowest BCUT2D eigenvalue weighted by Gasteiger charge is -2.13. The van der Waals surface area contributed by atoms with E-state index in [9.17, 15) is 4.79 Å². The van der Waals surface area contributed by atoms with E-state index in [4.69, 9.17) is 9.15 Å². The molecule has 2 aromatic carbocycles. The number of thioether (sulfide) groups is 1. The Labute approximate surface area is 150 Å². The molecule has 0 aliphatic heterocycles. The molecule has 1 atom stereocenters. The summed E-state index contributed by atoms with van der Waals surface area (Å²) in [6.07, 6.45) is 0.692. The SMILES string of the molecule is CCC(Sc1nc2ccccc2o1)C(=O)NCc1ccc(OC)cc1. The number of hydrogen-bond donors (Lipinski definition) is 1. The minimum atomic E-state index is -0.244. The lowest BCUT2D eigenvalue weighted by Crippen LogP contribution is -2.31. The topological polar surface area (TPSA) is 64.4 Å². The highest BCUT2D eigenvalue weighted by atomic mass is 32.2. The highest BCUT2D eigenvalue weighted by Gasteiger charge is 2.20. The van der Waals surface area contributed by atoms with Crippen LogP contribution < -0.4 is 10.1 Å². The second-order valence-corrected chi connectivity index (χ2v) is 6.68. The zero-order valence-electron chi connectivity index (χ0n) is 14.2. The van der Waals surface area contributed by atoms with Gasteiger partial charge >= 0.3 is 0 Å². The zero-order chi connectivity index (χ0) is 17.6. The van der Waals surface area contributed by atoms with Gasteiger partial charge in [0.05, 0.1) is 12.4 Å². The highest BCUT2D eigenvalue weighted by Crippen LogP contribution is 2.28. The molecule has 0 saturated heterocycles. The predicted octanol–water partition coefficient (Wildman–Crippen LogP) is 4.02. The first-order valence-electron chi connectivity index (χ1n) is 8.12. The average molecular weight is 356 g/mol. The fourth-order valence-corrected chi connectivity index (χ4v) is 3.28. The third-order valence-corrected chi connectivity index (χ3v) is 5.01. The van der Waals surface area contributed by atoms with Gasteiger partial charge in [0.15, 0.2) is 5.58 Å². The van der Waals surface area contributed by atoms with Crippen LogP contribution in [0.4, 0.5) is 0 Å². The molecule has 0 aliphatic carbocycles. The quantitative estimate of drug-likeness (QED) is 0.648. The fourth-order valence-electron chi connectivity index (χ4n) is 2.39. The Bertz CT molecular complexity index is 812. The molecule has 0 saturated carbocycles. The standard InChI is InChI=1S/C19H20N2O3S/c1-3-17(25-19-21-15-6-4-5-7-16(15)24-19)18(22)20-12-13-8-10-14(23-2)11-9-13/h4-11,17H,3,12H2,1-2H3,(H,20,22). The number of hydrogen-bond acceptors (Lipinski definition) is 5. The number of oxazole rings is 1. The van der Waals surface area contributed by atoms with Crippen molar-refractivity contribution < 1.29 is 13.9 Å². The van der Waals surface area contributed by atoms with E-state index in [1.54, 1.807) is 7.11 Å². The van der Waals surface area contributed by atoms with E-state index in [0.29, 0.717) is 18.2 Å². The smallest absolute Gasteiger partial charge is 0.257 e. The first-order valence-corrected chi connectivity index (χ1v) is 9.00. The van der Waals surface area contributed by atoms with Crippen molar-refractivity contribution in [2.24, 2.45) is 0 Å². The Kier molecular flexibility index (Phi) is 5.60. The summed E-state index contributed by atoms with van der Waals surface area (Å²) < 4.78 is 10.8. The molecule has 1 heterocycles. The van der Waals surface area contributed by atoms with E-state index < -0.39 is 0 Å². The third-order valence-electron chi connectivity index (χ3n) is 3.81. The van der Waals surface area contributed by atoms with Crippen LogP contribution in [0.2, 0.25) is 0 Å². The number of carbonyl (C=O) groups is 1. The molecule has 0 fully saturated rings. The molecule has 0 aliphatic rings. The molecule has 0 radical (unpaired) electrons. The van der Waals surface area contributed by atoms with Crippen LogP contribution in [-0.2, 0) is 11.3 Å². The number of para-hydroxylation sites is 2. The zero-order valence-corrected chi connectivity index (χ0v) is 15.0. The number of nitrogens with zero attached hydrogens (tertiary/aromatic N) is 1. The van der Waals surface area contributed by atoms with Gasteiger partial charge in [-0.2, -0.15) is 0 Å². The van der Waals surface area contributed by atoms with E-state index in [-0.39, 0.29) is 11.2 Å². The second kappa shape index (κ2) is 8.07. The number of benzene rings is 2. The summed E-state index contributed by atoms with van der Waals surface area (Å²) in [6.45, 7) is 2.46. The normalized spacial score (nSPS) is 12.1. The van der Waals surface area contributed by atoms with Gasteiger partial charge in [0.25, 0.3) is 5.22 Å². The summed E-state index contributed by atoms with van der Waals surface area (Å²) in [5.74, 6) is 0.776. The molecule has 3 rings (SSSR count). The van der Waals surface area contributed by atoms with Crippen LogP contribution in [0.3, 0.4) is 0 Å². The maximum absolute atomic E-state index is 12.5. The summed E-state index contributed by atoms with van der Waals surface area (Å²) in [4.78, 5) is 16.9. The van der Waals surface area contributed by atoms with Crippen LogP contribution in [-0.4, -0.2) is 23.3 Å². The van der Waals surface area contributed by atoms with Crippen molar-refractivity contribution in [3.05, 3.63) is 54.1 Å². The van der Waals surface area contributed by atoms with Gasteiger partial charge in [0.2, 0.25) is 5.91 Å². The Morgan fingerprint density at radius 1 is 1.24 bits per heavy atom. The third kappa shape index (κ3) is 4.33. The van der Waals surface area contributed by atoms with Crippen molar-refractivity contribution in [2.45, 2.75) is 30.4 Å². The molecule has 130 valence electrons. The fraction of sp³-hybridized carbons (Fsp3) is 0.263. The van der Waals surface area contributed by atoms with Gasteiger partial charge < -0.3 is 14.5 Å². The monoisotopic (exact) mass is 356 g/mol. The number of methoxy groups -OCH3 is 1. The van der Waals surface area contributed by atoms with E-state index in [2.05, 4.69) is 10.3 Å².